The van der Waals surface area contributed by atoms with Crippen LogP contribution in [0.2, 0.25) is 5.15 Å². The van der Waals surface area contributed by atoms with Crippen LogP contribution in [0.1, 0.15) is 40.0 Å². The van der Waals surface area contributed by atoms with Crippen LogP contribution in [-0.2, 0) is 12.3 Å². The Bertz CT molecular complexity index is 1250. The lowest BCUT2D eigenvalue weighted by Crippen LogP contribution is -2.26. The second-order valence-electron chi connectivity index (χ2n) is 8.26. The molecule has 3 aromatic carbocycles. The molecular formula is C28H27ClN4OS. The van der Waals surface area contributed by atoms with Crippen LogP contribution in [0.15, 0.2) is 96.2 Å². The number of rotatable bonds is 9. The molecular weight excluding hydrogens is 476 g/mol. The van der Waals surface area contributed by atoms with Crippen molar-refractivity contribution in [3.05, 3.63) is 118 Å². The molecule has 1 amide bonds. The van der Waals surface area contributed by atoms with Gasteiger partial charge in [-0.1, -0.05) is 96.2 Å². The van der Waals surface area contributed by atoms with Crippen LogP contribution in [-0.4, -0.2) is 22.9 Å². The van der Waals surface area contributed by atoms with Gasteiger partial charge in [0.15, 0.2) is 5.16 Å². The standard InChI is InChI=1S/C28H27ClN4OS/c1-20(23-11-7-4-8-12-23)30-27(34)24-15-13-22(14-16-24)19-35-28-31-25(29)17-26(32-28)33(2)18-21-9-5-3-6-10-21/h3-17,20H,18-19H2,1-2H3,(H,30,34). The number of aromatic nitrogens is 2. The lowest BCUT2D eigenvalue weighted by molar-refractivity contribution is 0.0940. The van der Waals surface area contributed by atoms with Gasteiger partial charge in [0.05, 0.1) is 6.04 Å². The number of benzene rings is 3. The van der Waals surface area contributed by atoms with E-state index in [2.05, 4.69) is 32.3 Å². The fourth-order valence-electron chi connectivity index (χ4n) is 3.59. The van der Waals surface area contributed by atoms with Crippen molar-refractivity contribution in [2.45, 2.75) is 30.4 Å². The fraction of sp³-hybridized carbons (Fsp3) is 0.179. The summed E-state index contributed by atoms with van der Waals surface area (Å²) in [5, 5.41) is 4.08. The summed E-state index contributed by atoms with van der Waals surface area (Å²) in [6.45, 7) is 2.71. The number of carbonyl (C=O) groups is 1. The zero-order valence-corrected chi connectivity index (χ0v) is 21.3. The van der Waals surface area contributed by atoms with Crippen LogP contribution in [0.5, 0.6) is 0 Å². The minimum Gasteiger partial charge on any atom is -0.355 e. The molecule has 1 N–H and O–H groups in total. The summed E-state index contributed by atoms with van der Waals surface area (Å²) in [7, 11) is 1.99. The molecule has 0 saturated carbocycles. The summed E-state index contributed by atoms with van der Waals surface area (Å²) in [5.41, 5.74) is 3.97. The SMILES string of the molecule is CC(NC(=O)c1ccc(CSc2nc(Cl)cc(N(C)Cc3ccccc3)n2)cc1)c1ccccc1. The molecule has 0 aliphatic carbocycles. The van der Waals surface area contributed by atoms with Gasteiger partial charge in [0, 0.05) is 31.0 Å². The first-order chi connectivity index (χ1) is 17.0. The predicted octanol–water partition coefficient (Wildman–Crippen LogP) is 6.55. The zero-order chi connectivity index (χ0) is 24.6. The largest absolute Gasteiger partial charge is 0.355 e. The van der Waals surface area contributed by atoms with Gasteiger partial charge in [-0.25, -0.2) is 9.97 Å². The maximum Gasteiger partial charge on any atom is 0.251 e. The smallest absolute Gasteiger partial charge is 0.251 e. The third-order valence-electron chi connectivity index (χ3n) is 5.55. The molecule has 1 atom stereocenters. The first-order valence-corrected chi connectivity index (χ1v) is 12.7. The maximum atomic E-state index is 12.6. The highest BCUT2D eigenvalue weighted by Gasteiger charge is 2.12. The lowest BCUT2D eigenvalue weighted by Gasteiger charge is -2.19. The minimum atomic E-state index is -0.0928. The maximum absolute atomic E-state index is 12.6. The van der Waals surface area contributed by atoms with Gasteiger partial charge in [0.2, 0.25) is 0 Å². The molecule has 178 valence electrons. The Morgan fingerprint density at radius 3 is 2.29 bits per heavy atom. The number of thioether (sulfide) groups is 1. The van der Waals surface area contributed by atoms with E-state index in [-0.39, 0.29) is 11.9 Å². The molecule has 35 heavy (non-hydrogen) atoms. The number of hydrogen-bond acceptors (Lipinski definition) is 5. The van der Waals surface area contributed by atoms with Crippen molar-refractivity contribution >= 4 is 35.1 Å². The van der Waals surface area contributed by atoms with Crippen molar-refractivity contribution in [1.82, 2.24) is 15.3 Å². The van der Waals surface area contributed by atoms with E-state index < -0.39 is 0 Å². The quantitative estimate of drug-likeness (QED) is 0.160. The summed E-state index contributed by atoms with van der Waals surface area (Å²) in [4.78, 5) is 23.7. The Kier molecular flexibility index (Phi) is 8.40. The third-order valence-corrected chi connectivity index (χ3v) is 6.66. The molecule has 0 saturated heterocycles. The van der Waals surface area contributed by atoms with Crippen molar-refractivity contribution in [3.8, 4) is 0 Å². The van der Waals surface area contributed by atoms with Crippen LogP contribution in [0.4, 0.5) is 5.82 Å². The third kappa shape index (κ3) is 7.07. The summed E-state index contributed by atoms with van der Waals surface area (Å²) >= 11 is 7.80. The highest BCUT2D eigenvalue weighted by molar-refractivity contribution is 7.98. The summed E-state index contributed by atoms with van der Waals surface area (Å²) in [6, 6.07) is 29.5. The molecule has 1 unspecified atom stereocenters. The van der Waals surface area contributed by atoms with Gasteiger partial charge >= 0.3 is 0 Å². The van der Waals surface area contributed by atoms with Gasteiger partial charge in [-0.3, -0.25) is 4.79 Å². The number of nitrogens with zero attached hydrogens (tertiary/aromatic N) is 3. The number of amides is 1. The first kappa shape index (κ1) is 24.8. The average molecular weight is 503 g/mol. The normalized spacial score (nSPS) is 11.6. The number of halogens is 1. The second-order valence-corrected chi connectivity index (χ2v) is 9.59. The van der Waals surface area contributed by atoms with Gasteiger partial charge in [-0.15, -0.1) is 0 Å². The molecule has 7 heteroatoms. The van der Waals surface area contributed by atoms with Crippen molar-refractivity contribution in [1.29, 1.82) is 0 Å². The summed E-state index contributed by atoms with van der Waals surface area (Å²) < 4.78 is 0. The molecule has 1 heterocycles. The van der Waals surface area contributed by atoms with E-state index in [1.165, 1.54) is 17.3 Å². The van der Waals surface area contributed by atoms with E-state index in [4.69, 9.17) is 11.6 Å². The molecule has 0 spiro atoms. The Morgan fingerprint density at radius 2 is 1.60 bits per heavy atom. The predicted molar refractivity (Wildman–Crippen MR) is 144 cm³/mol. The topological polar surface area (TPSA) is 58.1 Å². The monoisotopic (exact) mass is 502 g/mol. The Balaban J connectivity index is 1.35. The van der Waals surface area contributed by atoms with Crippen molar-refractivity contribution in [2.75, 3.05) is 11.9 Å². The summed E-state index contributed by atoms with van der Waals surface area (Å²) in [6.07, 6.45) is 0. The van der Waals surface area contributed by atoms with Crippen LogP contribution in [0.25, 0.3) is 0 Å². The van der Waals surface area contributed by atoms with E-state index in [0.29, 0.717) is 21.6 Å². The van der Waals surface area contributed by atoms with Gasteiger partial charge in [0.25, 0.3) is 5.91 Å². The number of carbonyl (C=O) groups excluding carboxylic acids is 1. The molecule has 0 fully saturated rings. The Hall–Kier alpha value is -3.35. The van der Waals surface area contributed by atoms with Crippen molar-refractivity contribution in [2.24, 2.45) is 0 Å². The number of nitrogens with one attached hydrogen (secondary N) is 1. The van der Waals surface area contributed by atoms with E-state index >= 15 is 0 Å². The summed E-state index contributed by atoms with van der Waals surface area (Å²) in [5.74, 6) is 1.35. The highest BCUT2D eigenvalue weighted by atomic mass is 35.5. The zero-order valence-electron chi connectivity index (χ0n) is 19.7. The number of hydrogen-bond donors (Lipinski definition) is 1. The first-order valence-electron chi connectivity index (χ1n) is 11.3. The van der Waals surface area contributed by atoms with Crippen LogP contribution in [0.3, 0.4) is 0 Å². The van der Waals surface area contributed by atoms with Crippen molar-refractivity contribution in [3.63, 3.8) is 0 Å². The Labute approximate surface area is 215 Å². The molecule has 0 aliphatic rings. The van der Waals surface area contributed by atoms with Crippen molar-refractivity contribution < 1.29 is 4.79 Å². The second kappa shape index (κ2) is 11.9. The van der Waals surface area contributed by atoms with E-state index in [1.54, 1.807) is 6.07 Å². The molecule has 4 aromatic rings. The highest BCUT2D eigenvalue weighted by Crippen LogP contribution is 2.25. The Morgan fingerprint density at radius 1 is 0.943 bits per heavy atom. The molecule has 5 nitrogen and oxygen atoms in total. The van der Waals surface area contributed by atoms with Gasteiger partial charge in [-0.2, -0.15) is 0 Å². The van der Waals surface area contributed by atoms with Crippen LogP contribution >= 0.6 is 23.4 Å². The molecule has 0 aliphatic heterocycles. The average Bonchev–Trinajstić information content (AvgIpc) is 2.88. The van der Waals surface area contributed by atoms with Crippen LogP contribution < -0.4 is 10.2 Å². The molecule has 0 radical (unpaired) electrons. The van der Waals surface area contributed by atoms with E-state index in [1.807, 2.05) is 86.8 Å². The van der Waals surface area contributed by atoms with E-state index in [9.17, 15) is 4.79 Å². The fourth-order valence-corrected chi connectivity index (χ4v) is 4.63. The lowest BCUT2D eigenvalue weighted by atomic mass is 10.1. The van der Waals surface area contributed by atoms with E-state index in [0.717, 1.165) is 23.5 Å². The van der Waals surface area contributed by atoms with Crippen LogP contribution in [0, 0.1) is 0 Å². The number of anilines is 1. The van der Waals surface area contributed by atoms with Gasteiger partial charge in [-0.05, 0) is 35.7 Å². The van der Waals surface area contributed by atoms with Gasteiger partial charge in [0.1, 0.15) is 11.0 Å². The van der Waals surface area contributed by atoms with Gasteiger partial charge < -0.3 is 10.2 Å². The molecule has 4 rings (SSSR count). The molecule has 0 bridgehead atoms. The molecule has 1 aromatic heterocycles. The minimum absolute atomic E-state index is 0.0619.